The first-order valence-electron chi connectivity index (χ1n) is 14.9. The fourth-order valence-corrected chi connectivity index (χ4v) is 5.25. The normalized spacial score (nSPS) is 12.7. The van der Waals surface area contributed by atoms with Crippen LogP contribution in [0.25, 0.3) is 21.8 Å². The maximum atomic E-state index is 13.3. The average Bonchev–Trinajstić information content (AvgIpc) is 3.39. The third kappa shape index (κ3) is 7.92. The van der Waals surface area contributed by atoms with Crippen LogP contribution in [0, 0.1) is 0 Å². The van der Waals surface area contributed by atoms with Gasteiger partial charge >= 0.3 is 5.97 Å². The zero-order chi connectivity index (χ0) is 31.6. The number of carbonyl (C=O) groups excluding carboxylic acids is 2. The Morgan fingerprint density at radius 2 is 1.40 bits per heavy atom. The van der Waals surface area contributed by atoms with Crippen molar-refractivity contribution in [2.45, 2.75) is 25.9 Å². The first-order chi connectivity index (χ1) is 22.0. The topological polar surface area (TPSA) is 96.2 Å². The van der Waals surface area contributed by atoms with E-state index in [1.54, 1.807) is 0 Å². The van der Waals surface area contributed by atoms with Crippen LogP contribution in [-0.4, -0.2) is 60.8 Å². The highest BCUT2D eigenvalue weighted by atomic mass is 16.7. The minimum Gasteiger partial charge on any atom is -0.460 e. The first kappa shape index (κ1) is 31.8. The highest BCUT2D eigenvalue weighted by Crippen LogP contribution is 2.34. The molecule has 0 bridgehead atoms. The number of benzene rings is 4. The standard InChI is InChI=1S/C37H37NO7/c1-3-35(39)45-23-21-42-20-22-44-26(2)43-19-18-38-33-16-14-29(36(40)27-10-6-4-7-11-27)24-31(33)32-25-30(15-17-34(32)38)37(41)28-12-8-5-9-13-28/h3-17,24-26,36,40H,1,18-23H2,2H3. The van der Waals surface area contributed by atoms with Crippen molar-refractivity contribution >= 4 is 33.6 Å². The van der Waals surface area contributed by atoms with Crippen LogP contribution in [0.5, 0.6) is 0 Å². The van der Waals surface area contributed by atoms with E-state index in [-0.39, 0.29) is 19.0 Å². The van der Waals surface area contributed by atoms with Gasteiger partial charge in [0.1, 0.15) is 12.7 Å². The number of fused-ring (bicyclic) bond motifs is 3. The van der Waals surface area contributed by atoms with Gasteiger partial charge in [0.15, 0.2) is 12.1 Å². The lowest BCUT2D eigenvalue weighted by Crippen LogP contribution is -2.19. The van der Waals surface area contributed by atoms with Crippen LogP contribution in [0.1, 0.15) is 40.1 Å². The summed E-state index contributed by atoms with van der Waals surface area (Å²) in [6.45, 7) is 7.21. The zero-order valence-corrected chi connectivity index (χ0v) is 25.3. The predicted molar refractivity (Wildman–Crippen MR) is 173 cm³/mol. The number of ether oxygens (including phenoxy) is 4. The fraction of sp³-hybridized carbons (Fsp3) is 0.243. The van der Waals surface area contributed by atoms with E-state index in [4.69, 9.17) is 18.9 Å². The molecule has 0 fully saturated rings. The van der Waals surface area contributed by atoms with Crippen molar-refractivity contribution < 1.29 is 33.6 Å². The van der Waals surface area contributed by atoms with Crippen molar-refractivity contribution in [2.75, 3.05) is 33.0 Å². The summed E-state index contributed by atoms with van der Waals surface area (Å²) >= 11 is 0. The van der Waals surface area contributed by atoms with Gasteiger partial charge in [-0.3, -0.25) is 4.79 Å². The Bertz CT molecular complexity index is 1750. The largest absolute Gasteiger partial charge is 0.460 e. The lowest BCUT2D eigenvalue weighted by Gasteiger charge is -2.16. The highest BCUT2D eigenvalue weighted by molar-refractivity contribution is 6.14. The third-order valence-electron chi connectivity index (χ3n) is 7.50. The Kier molecular flexibility index (Phi) is 10.9. The van der Waals surface area contributed by atoms with Gasteiger partial charge in [-0.15, -0.1) is 0 Å². The molecule has 8 heteroatoms. The van der Waals surface area contributed by atoms with Gasteiger partial charge in [-0.05, 0) is 48.4 Å². The van der Waals surface area contributed by atoms with Crippen LogP contribution < -0.4 is 0 Å². The summed E-state index contributed by atoms with van der Waals surface area (Å²) in [6, 6.07) is 30.5. The van der Waals surface area contributed by atoms with E-state index in [0.29, 0.717) is 37.5 Å². The molecule has 5 rings (SSSR count). The number of aliphatic hydroxyl groups excluding tert-OH is 1. The number of aromatic nitrogens is 1. The number of aliphatic hydroxyl groups is 1. The molecule has 0 aliphatic rings. The van der Waals surface area contributed by atoms with Crippen LogP contribution in [0.15, 0.2) is 110 Å². The summed E-state index contributed by atoms with van der Waals surface area (Å²) in [5.41, 5.74) is 4.74. The molecule has 2 atom stereocenters. The molecule has 0 spiro atoms. The molecule has 1 aromatic heterocycles. The van der Waals surface area contributed by atoms with Crippen molar-refractivity contribution in [3.05, 3.63) is 132 Å². The van der Waals surface area contributed by atoms with E-state index in [0.717, 1.165) is 39.0 Å². The molecule has 0 radical (unpaired) electrons. The van der Waals surface area contributed by atoms with E-state index in [2.05, 4.69) is 11.1 Å². The third-order valence-corrected chi connectivity index (χ3v) is 7.50. The highest BCUT2D eigenvalue weighted by Gasteiger charge is 2.18. The Morgan fingerprint density at radius 3 is 2.13 bits per heavy atom. The molecular formula is C37H37NO7. The second-order valence-electron chi connectivity index (χ2n) is 10.5. The second kappa shape index (κ2) is 15.4. The van der Waals surface area contributed by atoms with E-state index in [9.17, 15) is 14.7 Å². The van der Waals surface area contributed by atoms with Gasteiger partial charge in [0.2, 0.25) is 0 Å². The lowest BCUT2D eigenvalue weighted by molar-refractivity contribution is -0.144. The molecule has 0 saturated heterocycles. The van der Waals surface area contributed by atoms with Crippen LogP contribution in [-0.2, 0) is 30.3 Å². The number of rotatable bonds is 16. The fourth-order valence-electron chi connectivity index (χ4n) is 5.25. The maximum Gasteiger partial charge on any atom is 0.330 e. The summed E-state index contributed by atoms with van der Waals surface area (Å²) in [6.07, 6.45) is -0.127. The Balaban J connectivity index is 1.32. The molecule has 1 N–H and O–H groups in total. The monoisotopic (exact) mass is 607 g/mol. The van der Waals surface area contributed by atoms with Gasteiger partial charge in [-0.25, -0.2) is 4.79 Å². The van der Waals surface area contributed by atoms with E-state index in [1.165, 1.54) is 0 Å². The Labute approximate surface area is 262 Å². The summed E-state index contributed by atoms with van der Waals surface area (Å²) in [5.74, 6) is -0.526. The van der Waals surface area contributed by atoms with Gasteiger partial charge < -0.3 is 28.6 Å². The molecule has 2 unspecified atom stereocenters. The van der Waals surface area contributed by atoms with Gasteiger partial charge in [-0.2, -0.15) is 0 Å². The molecule has 8 nitrogen and oxygen atoms in total. The quantitative estimate of drug-likeness (QED) is 0.0467. The van der Waals surface area contributed by atoms with Crippen molar-refractivity contribution in [1.29, 1.82) is 0 Å². The lowest BCUT2D eigenvalue weighted by atomic mass is 9.98. The minimum absolute atomic E-state index is 0.0464. The number of hydrogen-bond donors (Lipinski definition) is 1. The van der Waals surface area contributed by atoms with Gasteiger partial charge in [-0.1, -0.05) is 73.3 Å². The van der Waals surface area contributed by atoms with E-state index in [1.807, 2.05) is 104 Å². The Morgan fingerprint density at radius 1 is 0.756 bits per heavy atom. The number of hydrogen-bond acceptors (Lipinski definition) is 7. The van der Waals surface area contributed by atoms with Crippen LogP contribution in [0.4, 0.5) is 0 Å². The van der Waals surface area contributed by atoms with Gasteiger partial charge in [0.05, 0.1) is 26.4 Å². The summed E-state index contributed by atoms with van der Waals surface area (Å²) < 4.78 is 24.1. The van der Waals surface area contributed by atoms with Gasteiger partial charge in [0.25, 0.3) is 0 Å². The predicted octanol–water partition coefficient (Wildman–Crippen LogP) is 6.23. The molecular weight excluding hydrogens is 570 g/mol. The van der Waals surface area contributed by atoms with Crippen LogP contribution in [0.3, 0.4) is 0 Å². The average molecular weight is 608 g/mol. The molecule has 0 aliphatic heterocycles. The number of carbonyl (C=O) groups is 2. The molecule has 5 aromatic rings. The Hall–Kier alpha value is -4.60. The van der Waals surface area contributed by atoms with E-state index < -0.39 is 18.4 Å². The minimum atomic E-state index is -0.782. The summed E-state index contributed by atoms with van der Waals surface area (Å²) in [7, 11) is 0. The van der Waals surface area contributed by atoms with Crippen molar-refractivity contribution in [2.24, 2.45) is 0 Å². The molecule has 232 valence electrons. The summed E-state index contributed by atoms with van der Waals surface area (Å²) in [5, 5.41) is 13.0. The van der Waals surface area contributed by atoms with Crippen molar-refractivity contribution in [1.82, 2.24) is 4.57 Å². The zero-order valence-electron chi connectivity index (χ0n) is 25.3. The first-order valence-corrected chi connectivity index (χ1v) is 14.9. The van der Waals surface area contributed by atoms with Crippen LogP contribution in [0.2, 0.25) is 0 Å². The van der Waals surface area contributed by atoms with Crippen LogP contribution >= 0.6 is 0 Å². The van der Waals surface area contributed by atoms with Crippen molar-refractivity contribution in [3.8, 4) is 0 Å². The summed E-state index contributed by atoms with van der Waals surface area (Å²) in [4.78, 5) is 24.4. The molecule has 0 saturated carbocycles. The van der Waals surface area contributed by atoms with Crippen molar-refractivity contribution in [3.63, 3.8) is 0 Å². The van der Waals surface area contributed by atoms with Gasteiger partial charge in [0, 0.05) is 45.6 Å². The smallest absolute Gasteiger partial charge is 0.330 e. The molecule has 4 aromatic carbocycles. The van der Waals surface area contributed by atoms with E-state index >= 15 is 0 Å². The molecule has 0 aliphatic carbocycles. The second-order valence-corrected chi connectivity index (χ2v) is 10.5. The number of esters is 1. The molecule has 1 heterocycles. The SMILES string of the molecule is C=CC(=O)OCCOCCOC(C)OCCn1c2ccc(C(=O)c3ccccc3)cc2c2cc(C(O)c3ccccc3)ccc21. The maximum absolute atomic E-state index is 13.3. The number of ketones is 1. The molecule has 0 amide bonds. The molecule has 45 heavy (non-hydrogen) atoms. The number of nitrogens with zero attached hydrogens (tertiary/aromatic N) is 1.